The summed E-state index contributed by atoms with van der Waals surface area (Å²) in [7, 11) is 0. The second-order valence-corrected chi connectivity index (χ2v) is 7.22. The Morgan fingerprint density at radius 2 is 1.93 bits per heavy atom. The summed E-state index contributed by atoms with van der Waals surface area (Å²) in [5, 5.41) is 7.87. The second kappa shape index (κ2) is 8.57. The third-order valence-electron chi connectivity index (χ3n) is 5.04. The van der Waals surface area contributed by atoms with Crippen molar-refractivity contribution in [1.29, 1.82) is 0 Å². The van der Waals surface area contributed by atoms with E-state index in [0.29, 0.717) is 16.9 Å². The van der Waals surface area contributed by atoms with E-state index in [4.69, 9.17) is 9.26 Å². The topological polar surface area (TPSA) is 93.4 Å². The predicted octanol–water partition coefficient (Wildman–Crippen LogP) is 3.83. The maximum Gasteiger partial charge on any atom is 0.376 e. The first-order valence-corrected chi connectivity index (χ1v) is 10.0. The third-order valence-corrected chi connectivity index (χ3v) is 5.04. The molecule has 152 valence electrons. The van der Waals surface area contributed by atoms with E-state index in [1.807, 2.05) is 19.1 Å². The summed E-state index contributed by atoms with van der Waals surface area (Å²) in [6.45, 7) is 7.10. The maximum atomic E-state index is 12.1. The molecule has 1 aliphatic heterocycles. The maximum absolute atomic E-state index is 12.1. The van der Waals surface area contributed by atoms with Crippen LogP contribution in [0.1, 0.15) is 48.1 Å². The van der Waals surface area contributed by atoms with Crippen LogP contribution < -0.4 is 5.32 Å². The molecule has 0 spiro atoms. The lowest BCUT2D eigenvalue weighted by Crippen LogP contribution is -2.29. The number of esters is 1. The van der Waals surface area contributed by atoms with Gasteiger partial charge in [-0.15, -0.1) is 0 Å². The average Bonchev–Trinajstić information content (AvgIpc) is 3.11. The Bertz CT molecular complexity index is 993. The van der Waals surface area contributed by atoms with Crippen LogP contribution in [0.2, 0.25) is 0 Å². The zero-order valence-electron chi connectivity index (χ0n) is 16.8. The predicted molar refractivity (Wildman–Crippen MR) is 109 cm³/mol. The Morgan fingerprint density at radius 3 is 2.66 bits per heavy atom. The van der Waals surface area contributed by atoms with Crippen LogP contribution in [-0.2, 0) is 11.3 Å². The number of nitrogens with zero attached hydrogens (tertiary/aromatic N) is 4. The summed E-state index contributed by atoms with van der Waals surface area (Å²) in [5.41, 5.74) is 3.05. The first-order valence-electron chi connectivity index (χ1n) is 10.0. The van der Waals surface area contributed by atoms with Crippen molar-refractivity contribution in [3.63, 3.8) is 0 Å². The molecular formula is C21H25N5O3. The monoisotopic (exact) mass is 395 g/mol. The van der Waals surface area contributed by atoms with E-state index in [-0.39, 0.29) is 18.1 Å². The Kier molecular flexibility index (Phi) is 5.71. The molecule has 3 heterocycles. The van der Waals surface area contributed by atoms with E-state index < -0.39 is 5.97 Å². The van der Waals surface area contributed by atoms with Gasteiger partial charge in [0.2, 0.25) is 5.82 Å². The number of aromatic nitrogens is 3. The van der Waals surface area contributed by atoms with Gasteiger partial charge in [-0.3, -0.25) is 4.90 Å². The number of carbonyl (C=O) groups is 1. The van der Waals surface area contributed by atoms with Crippen LogP contribution in [0.25, 0.3) is 11.1 Å². The van der Waals surface area contributed by atoms with E-state index in [0.717, 1.165) is 12.2 Å². The Labute approximate surface area is 169 Å². The van der Waals surface area contributed by atoms with Crippen LogP contribution in [0.15, 0.2) is 28.8 Å². The summed E-state index contributed by atoms with van der Waals surface area (Å²) < 4.78 is 10.3. The summed E-state index contributed by atoms with van der Waals surface area (Å²) in [6.07, 6.45) is 3.90. The molecule has 1 fully saturated rings. The van der Waals surface area contributed by atoms with E-state index in [9.17, 15) is 4.79 Å². The largest absolute Gasteiger partial charge is 0.460 e. The van der Waals surface area contributed by atoms with Gasteiger partial charge in [-0.25, -0.2) is 9.78 Å². The minimum atomic E-state index is -0.594. The van der Waals surface area contributed by atoms with E-state index in [1.165, 1.54) is 37.9 Å². The van der Waals surface area contributed by atoms with E-state index in [2.05, 4.69) is 37.5 Å². The number of nitrogens with one attached hydrogen (secondary N) is 1. The normalized spacial score (nSPS) is 14.8. The summed E-state index contributed by atoms with van der Waals surface area (Å²) in [6, 6.07) is 8.25. The van der Waals surface area contributed by atoms with Gasteiger partial charge in [-0.2, -0.15) is 4.98 Å². The molecule has 0 amide bonds. The molecule has 29 heavy (non-hydrogen) atoms. The number of carbonyl (C=O) groups excluding carboxylic acids is 1. The number of aryl methyl sites for hydroxylation is 1. The van der Waals surface area contributed by atoms with Gasteiger partial charge in [0.1, 0.15) is 11.2 Å². The number of hydrogen-bond acceptors (Lipinski definition) is 8. The van der Waals surface area contributed by atoms with Gasteiger partial charge in [0.25, 0.3) is 5.71 Å². The minimum Gasteiger partial charge on any atom is -0.460 e. The van der Waals surface area contributed by atoms with Crippen LogP contribution in [0.3, 0.4) is 0 Å². The van der Waals surface area contributed by atoms with Gasteiger partial charge >= 0.3 is 5.97 Å². The van der Waals surface area contributed by atoms with Gasteiger partial charge in [0, 0.05) is 12.2 Å². The highest BCUT2D eigenvalue weighted by atomic mass is 16.5. The quantitative estimate of drug-likeness (QED) is 0.630. The minimum absolute atomic E-state index is 0.0558. The number of fused-ring (bicyclic) bond motifs is 1. The zero-order chi connectivity index (χ0) is 20.2. The highest BCUT2D eigenvalue weighted by Crippen LogP contribution is 2.27. The number of likely N-dealkylation sites (tertiary alicyclic amines) is 1. The van der Waals surface area contributed by atoms with Gasteiger partial charge in [-0.05, 0) is 57.5 Å². The smallest absolute Gasteiger partial charge is 0.376 e. The van der Waals surface area contributed by atoms with Gasteiger partial charge < -0.3 is 14.6 Å². The van der Waals surface area contributed by atoms with E-state index >= 15 is 0 Å². The van der Waals surface area contributed by atoms with Gasteiger partial charge in [0.15, 0.2) is 0 Å². The molecule has 3 aromatic rings. The molecule has 0 radical (unpaired) electrons. The fourth-order valence-corrected chi connectivity index (χ4v) is 3.57. The standard InChI is InChI=1S/C21H25N5O3/c1-3-28-21(27)19-23-18(17-14(2)25-29-20(17)24-19)22-16-9-7-15(8-10-16)13-26-11-5-4-6-12-26/h7-10H,3-6,11-13H2,1-2H3,(H,22,23,24). The van der Waals surface area contributed by atoms with Crippen molar-refractivity contribution in [3.8, 4) is 0 Å². The molecule has 0 aliphatic carbocycles. The summed E-state index contributed by atoms with van der Waals surface area (Å²) >= 11 is 0. The average molecular weight is 395 g/mol. The molecule has 0 atom stereocenters. The van der Waals surface area contributed by atoms with Crippen LogP contribution in [0.4, 0.5) is 11.5 Å². The lowest BCUT2D eigenvalue weighted by molar-refractivity contribution is 0.0512. The summed E-state index contributed by atoms with van der Waals surface area (Å²) in [5.74, 6) is -0.177. The number of ether oxygens (including phenoxy) is 1. The van der Waals surface area contributed by atoms with Crippen LogP contribution >= 0.6 is 0 Å². The molecular weight excluding hydrogens is 370 g/mol. The molecule has 1 aromatic carbocycles. The van der Waals surface area contributed by atoms with Crippen molar-refractivity contribution in [1.82, 2.24) is 20.0 Å². The third kappa shape index (κ3) is 4.37. The van der Waals surface area contributed by atoms with Crippen LogP contribution in [0, 0.1) is 6.92 Å². The molecule has 1 saturated heterocycles. The Morgan fingerprint density at radius 1 is 1.17 bits per heavy atom. The highest BCUT2D eigenvalue weighted by Gasteiger charge is 2.20. The molecule has 4 rings (SSSR count). The van der Waals surface area contributed by atoms with Crippen molar-refractivity contribution in [3.05, 3.63) is 41.3 Å². The van der Waals surface area contributed by atoms with Crippen molar-refractivity contribution >= 4 is 28.6 Å². The lowest BCUT2D eigenvalue weighted by atomic mass is 10.1. The zero-order valence-corrected chi connectivity index (χ0v) is 16.8. The number of rotatable bonds is 6. The first kappa shape index (κ1) is 19.3. The first-order chi connectivity index (χ1) is 14.1. The van der Waals surface area contributed by atoms with Gasteiger partial charge in [0.05, 0.1) is 12.3 Å². The molecule has 8 heteroatoms. The van der Waals surface area contributed by atoms with Crippen molar-refractivity contribution in [2.24, 2.45) is 0 Å². The Hall–Kier alpha value is -3.00. The van der Waals surface area contributed by atoms with E-state index in [1.54, 1.807) is 6.92 Å². The number of piperidine rings is 1. The van der Waals surface area contributed by atoms with Gasteiger partial charge in [-0.1, -0.05) is 23.7 Å². The highest BCUT2D eigenvalue weighted by molar-refractivity contribution is 5.94. The second-order valence-electron chi connectivity index (χ2n) is 7.22. The molecule has 1 aliphatic rings. The molecule has 0 saturated carbocycles. The fourth-order valence-electron chi connectivity index (χ4n) is 3.57. The van der Waals surface area contributed by atoms with Crippen molar-refractivity contribution < 1.29 is 14.1 Å². The van der Waals surface area contributed by atoms with Crippen LogP contribution in [-0.4, -0.2) is 45.7 Å². The molecule has 0 unspecified atom stereocenters. The number of benzene rings is 1. The molecule has 1 N–H and O–H groups in total. The SMILES string of the molecule is CCOC(=O)c1nc(Nc2ccc(CN3CCCCC3)cc2)c2c(C)noc2n1. The molecule has 0 bridgehead atoms. The number of anilines is 2. The van der Waals surface area contributed by atoms with Crippen LogP contribution in [0.5, 0.6) is 0 Å². The Balaban J connectivity index is 1.56. The number of hydrogen-bond donors (Lipinski definition) is 1. The van der Waals surface area contributed by atoms with Crippen molar-refractivity contribution in [2.45, 2.75) is 39.7 Å². The fraction of sp³-hybridized carbons (Fsp3) is 0.429. The van der Waals surface area contributed by atoms with Crippen molar-refractivity contribution in [2.75, 3.05) is 25.0 Å². The lowest BCUT2D eigenvalue weighted by Gasteiger charge is -2.26. The molecule has 8 nitrogen and oxygen atoms in total. The molecule has 2 aromatic heterocycles. The summed E-state index contributed by atoms with van der Waals surface area (Å²) in [4.78, 5) is 23.1.